The van der Waals surface area contributed by atoms with Crippen LogP contribution in [0.2, 0.25) is 0 Å². The second-order valence-corrected chi connectivity index (χ2v) is 7.58. The number of nitrogens with two attached hydrogens (primary N) is 1. The molecule has 0 atom stereocenters. The van der Waals surface area contributed by atoms with E-state index in [1.54, 1.807) is 12.1 Å². The molecule has 8 heteroatoms. The third kappa shape index (κ3) is 3.01. The molecule has 0 radical (unpaired) electrons. The highest BCUT2D eigenvalue weighted by molar-refractivity contribution is 7.21. The van der Waals surface area contributed by atoms with Crippen molar-refractivity contribution in [3.05, 3.63) is 68.6 Å². The maximum atomic E-state index is 13.2. The minimum Gasteiger partial charge on any atom is -0.397 e. The molecule has 3 N–H and O–H groups in total. The van der Waals surface area contributed by atoms with Gasteiger partial charge < -0.3 is 5.73 Å². The fraction of sp³-hybridized carbons (Fsp3) is 0.200. The number of aromatic amines is 1. The molecule has 0 aliphatic rings. The maximum Gasteiger partial charge on any atom is 0.439 e. The van der Waals surface area contributed by atoms with E-state index in [1.807, 2.05) is 31.2 Å². The van der Waals surface area contributed by atoms with E-state index in [2.05, 4.69) is 17.2 Å². The highest BCUT2D eigenvalue weighted by Crippen LogP contribution is 2.33. The number of rotatable bonds is 5. The second-order valence-electron chi connectivity index (χ2n) is 6.58. The van der Waals surface area contributed by atoms with Gasteiger partial charge in [0.05, 0.1) is 5.69 Å². The molecule has 3 heterocycles. The van der Waals surface area contributed by atoms with E-state index < -0.39 is 11.4 Å². The van der Waals surface area contributed by atoms with E-state index in [9.17, 15) is 9.59 Å². The number of fused-ring (bicyclic) bond motifs is 1. The predicted octanol–water partition coefficient (Wildman–Crippen LogP) is 2.93. The molecule has 0 bridgehead atoms. The number of H-pyrrole nitrogens is 1. The summed E-state index contributed by atoms with van der Waals surface area (Å²) in [5.41, 5.74) is 8.30. The van der Waals surface area contributed by atoms with Gasteiger partial charge in [-0.1, -0.05) is 31.0 Å². The Morgan fingerprint density at radius 2 is 2.00 bits per heavy atom. The SMILES string of the molecule is CCCc1ccc2c(N)c(C(=O)c3c(=O)o[nH][n+]3-c3ccc(C)cc3)sc2n1. The number of hydrogen-bond acceptors (Lipinski definition) is 6. The summed E-state index contributed by atoms with van der Waals surface area (Å²) in [5.74, 6) is -0.492. The summed E-state index contributed by atoms with van der Waals surface area (Å²) < 4.78 is 6.23. The lowest BCUT2D eigenvalue weighted by Gasteiger charge is -1.97. The van der Waals surface area contributed by atoms with Crippen LogP contribution < -0.4 is 16.0 Å². The van der Waals surface area contributed by atoms with Crippen molar-refractivity contribution in [3.63, 3.8) is 0 Å². The molecule has 0 saturated heterocycles. The summed E-state index contributed by atoms with van der Waals surface area (Å²) >= 11 is 1.19. The molecule has 142 valence electrons. The third-order valence-electron chi connectivity index (χ3n) is 4.52. The topological polar surface area (TPSA) is 106 Å². The van der Waals surface area contributed by atoms with E-state index in [0.717, 1.165) is 29.5 Å². The normalized spacial score (nSPS) is 11.2. The van der Waals surface area contributed by atoms with Crippen LogP contribution in [-0.4, -0.2) is 16.0 Å². The first-order valence-corrected chi connectivity index (χ1v) is 9.74. The van der Waals surface area contributed by atoms with Gasteiger partial charge in [0.1, 0.15) is 9.71 Å². The molecule has 0 saturated carbocycles. The zero-order valence-corrected chi connectivity index (χ0v) is 16.3. The fourth-order valence-corrected chi connectivity index (χ4v) is 4.10. The van der Waals surface area contributed by atoms with Crippen molar-refractivity contribution in [3.8, 4) is 5.69 Å². The number of benzene rings is 1. The molecule has 0 amide bonds. The number of pyridine rings is 1. The first-order chi connectivity index (χ1) is 13.5. The number of thiophene rings is 1. The van der Waals surface area contributed by atoms with E-state index in [-0.39, 0.29) is 10.6 Å². The Kier molecular flexibility index (Phi) is 4.56. The summed E-state index contributed by atoms with van der Waals surface area (Å²) in [5, 5.41) is 3.21. The van der Waals surface area contributed by atoms with Crippen LogP contribution in [0.4, 0.5) is 5.69 Å². The monoisotopic (exact) mass is 395 g/mol. The van der Waals surface area contributed by atoms with Gasteiger partial charge in [-0.3, -0.25) is 9.32 Å². The molecule has 3 aromatic heterocycles. The first kappa shape index (κ1) is 18.1. The lowest BCUT2D eigenvalue weighted by molar-refractivity contribution is -0.672. The first-order valence-electron chi connectivity index (χ1n) is 8.92. The zero-order chi connectivity index (χ0) is 19.8. The largest absolute Gasteiger partial charge is 0.439 e. The van der Waals surface area contributed by atoms with Gasteiger partial charge in [-0.15, -0.1) is 11.3 Å². The van der Waals surface area contributed by atoms with Crippen molar-refractivity contribution < 1.29 is 14.0 Å². The quantitative estimate of drug-likeness (QED) is 0.399. The van der Waals surface area contributed by atoms with Gasteiger partial charge >= 0.3 is 11.3 Å². The minimum absolute atomic E-state index is 0.129. The van der Waals surface area contributed by atoms with Gasteiger partial charge in [0, 0.05) is 23.2 Å². The van der Waals surface area contributed by atoms with Crippen LogP contribution in [0.5, 0.6) is 0 Å². The summed E-state index contributed by atoms with van der Waals surface area (Å²) in [6, 6.07) is 11.2. The van der Waals surface area contributed by atoms with E-state index in [4.69, 9.17) is 10.3 Å². The number of nitrogens with one attached hydrogen (secondary N) is 1. The molecule has 0 aliphatic carbocycles. The molecule has 0 aliphatic heterocycles. The Morgan fingerprint density at radius 3 is 2.71 bits per heavy atom. The second kappa shape index (κ2) is 7.05. The highest BCUT2D eigenvalue weighted by atomic mass is 32.1. The molecule has 7 nitrogen and oxygen atoms in total. The Balaban J connectivity index is 1.82. The van der Waals surface area contributed by atoms with Gasteiger partial charge in [0.2, 0.25) is 5.69 Å². The van der Waals surface area contributed by atoms with Crippen molar-refractivity contribution in [1.29, 1.82) is 0 Å². The van der Waals surface area contributed by atoms with Crippen molar-refractivity contribution >= 4 is 33.0 Å². The number of carbonyl (C=O) groups excluding carboxylic acids is 1. The van der Waals surface area contributed by atoms with Gasteiger partial charge in [-0.2, -0.15) is 0 Å². The van der Waals surface area contributed by atoms with E-state index >= 15 is 0 Å². The van der Waals surface area contributed by atoms with E-state index in [0.29, 0.717) is 16.2 Å². The van der Waals surface area contributed by atoms with Gasteiger partial charge in [-0.05, 0) is 35.4 Å². The van der Waals surface area contributed by atoms with Crippen LogP contribution in [0, 0.1) is 6.92 Å². The average Bonchev–Trinajstić information content (AvgIpc) is 3.22. The molecular formula is C20H19N4O3S+. The molecule has 4 aromatic rings. The van der Waals surface area contributed by atoms with Gasteiger partial charge in [-0.25, -0.2) is 9.78 Å². The summed E-state index contributed by atoms with van der Waals surface area (Å²) in [7, 11) is 0. The molecule has 1 aromatic carbocycles. The zero-order valence-electron chi connectivity index (χ0n) is 15.5. The number of anilines is 1. The molecule has 0 fully saturated rings. The van der Waals surface area contributed by atoms with Gasteiger partial charge in [0.15, 0.2) is 0 Å². The Hall–Kier alpha value is -3.26. The Morgan fingerprint density at radius 1 is 1.25 bits per heavy atom. The van der Waals surface area contributed by atoms with E-state index in [1.165, 1.54) is 16.0 Å². The Bertz CT molecular complexity index is 1230. The predicted molar refractivity (Wildman–Crippen MR) is 107 cm³/mol. The van der Waals surface area contributed by atoms with Crippen molar-refractivity contribution in [2.75, 3.05) is 5.73 Å². The Labute approximate surface area is 164 Å². The van der Waals surface area contributed by atoms with Gasteiger partial charge in [0.25, 0.3) is 5.78 Å². The fourth-order valence-electron chi connectivity index (χ4n) is 3.05. The number of nitrogens with zero attached hydrogens (tertiary/aromatic N) is 2. The third-order valence-corrected chi connectivity index (χ3v) is 5.63. The maximum absolute atomic E-state index is 13.2. The van der Waals surface area contributed by atoms with Crippen LogP contribution in [0.25, 0.3) is 15.9 Å². The van der Waals surface area contributed by atoms with Crippen LogP contribution in [0.3, 0.4) is 0 Å². The summed E-state index contributed by atoms with van der Waals surface area (Å²) in [4.78, 5) is 31.0. The molecular weight excluding hydrogens is 376 g/mol. The van der Waals surface area contributed by atoms with Crippen molar-refractivity contribution in [2.24, 2.45) is 0 Å². The van der Waals surface area contributed by atoms with Crippen LogP contribution >= 0.6 is 11.3 Å². The van der Waals surface area contributed by atoms with Crippen molar-refractivity contribution in [2.45, 2.75) is 26.7 Å². The standard InChI is InChI=1S/C20H18N4O3S/c1-3-4-12-7-10-14-15(21)18(28-19(14)22-12)17(25)16-20(26)27-23-24(16)13-8-5-11(2)6-9-13/h5-10H,3-4H2,1-2H3,(H2-,21,23,25,26)/p+1. The molecule has 4 rings (SSSR count). The summed E-state index contributed by atoms with van der Waals surface area (Å²) in [6.45, 7) is 4.04. The minimum atomic E-state index is -0.748. The lowest BCUT2D eigenvalue weighted by Crippen LogP contribution is -2.41. The number of nitrogen functional groups attached to an aromatic ring is 1. The number of aryl methyl sites for hydroxylation is 2. The average molecular weight is 395 g/mol. The molecule has 0 unspecified atom stereocenters. The van der Waals surface area contributed by atoms with Crippen molar-refractivity contribution in [1.82, 2.24) is 10.3 Å². The number of hydrogen-bond donors (Lipinski definition) is 2. The lowest BCUT2D eigenvalue weighted by atomic mass is 10.1. The molecule has 0 spiro atoms. The smallest absolute Gasteiger partial charge is 0.397 e. The number of carbonyl (C=O) groups is 1. The van der Waals surface area contributed by atoms with Crippen LogP contribution in [0.1, 0.15) is 40.0 Å². The molecule has 28 heavy (non-hydrogen) atoms. The van der Waals surface area contributed by atoms with Crippen LogP contribution in [-0.2, 0) is 6.42 Å². The number of aromatic nitrogens is 3. The number of ketones is 1. The van der Waals surface area contributed by atoms with Crippen LogP contribution in [0.15, 0.2) is 45.7 Å². The highest BCUT2D eigenvalue weighted by Gasteiger charge is 2.34. The summed E-state index contributed by atoms with van der Waals surface area (Å²) in [6.07, 6.45) is 1.83.